The van der Waals surface area contributed by atoms with Crippen molar-refractivity contribution in [1.29, 1.82) is 0 Å². The fraction of sp³-hybridized carbons (Fsp3) is 0.154. The molecule has 21 heavy (non-hydrogen) atoms. The molecule has 0 atom stereocenters. The van der Waals surface area contributed by atoms with Gasteiger partial charge in [-0.25, -0.2) is 9.97 Å². The zero-order valence-corrected chi connectivity index (χ0v) is 12.2. The number of hydrogen-bond acceptors (Lipinski definition) is 5. The lowest BCUT2D eigenvalue weighted by Crippen LogP contribution is -2.15. The number of thiophene rings is 2. The van der Waals surface area contributed by atoms with Gasteiger partial charge < -0.3 is 0 Å². The van der Waals surface area contributed by atoms with Crippen LogP contribution in [0.5, 0.6) is 0 Å². The van der Waals surface area contributed by atoms with Crippen LogP contribution in [0.25, 0.3) is 10.2 Å². The summed E-state index contributed by atoms with van der Waals surface area (Å²) in [5, 5.41) is 3.32. The predicted molar refractivity (Wildman–Crippen MR) is 74.9 cm³/mol. The van der Waals surface area contributed by atoms with Crippen LogP contribution in [0.4, 0.5) is 13.2 Å². The number of aryl methyl sites for hydroxylation is 1. The van der Waals surface area contributed by atoms with E-state index in [1.165, 1.54) is 17.4 Å². The third-order valence-corrected chi connectivity index (χ3v) is 4.77. The molecule has 0 N–H and O–H groups in total. The number of aromatic nitrogens is 2. The number of rotatable bonds is 2. The molecule has 0 saturated heterocycles. The average molecular weight is 328 g/mol. The smallest absolute Gasteiger partial charge is 0.286 e. The molecule has 0 aliphatic rings. The fourth-order valence-electron chi connectivity index (χ4n) is 1.86. The van der Waals surface area contributed by atoms with Crippen molar-refractivity contribution in [3.05, 3.63) is 44.9 Å². The minimum absolute atomic E-state index is 0.139. The Kier molecular flexibility index (Phi) is 3.29. The molecule has 0 saturated carbocycles. The summed E-state index contributed by atoms with van der Waals surface area (Å²) in [6.07, 6.45) is -4.68. The van der Waals surface area contributed by atoms with Crippen LogP contribution in [0.15, 0.2) is 22.9 Å². The van der Waals surface area contributed by atoms with Gasteiger partial charge in [0.2, 0.25) is 11.6 Å². The van der Waals surface area contributed by atoms with Crippen molar-refractivity contribution in [2.75, 3.05) is 0 Å². The Labute approximate surface area is 125 Å². The van der Waals surface area contributed by atoms with Gasteiger partial charge in [-0.2, -0.15) is 13.2 Å². The van der Waals surface area contributed by atoms with Gasteiger partial charge >= 0.3 is 6.18 Å². The standard InChI is InChI=1S/C13H7F3N2OS2/c1-6-2-4-20-10(6)9(19)8-11-7(3-5-21-11)17-12(18-8)13(14,15)16/h2-5H,1H3. The van der Waals surface area contributed by atoms with Gasteiger partial charge in [0, 0.05) is 0 Å². The second-order valence-electron chi connectivity index (χ2n) is 4.29. The monoisotopic (exact) mass is 328 g/mol. The molecule has 0 spiro atoms. The zero-order valence-electron chi connectivity index (χ0n) is 10.6. The number of halogens is 3. The topological polar surface area (TPSA) is 42.9 Å². The number of hydrogen-bond donors (Lipinski definition) is 0. The van der Waals surface area contributed by atoms with Crippen molar-refractivity contribution < 1.29 is 18.0 Å². The fourth-order valence-corrected chi connectivity index (χ4v) is 3.54. The summed E-state index contributed by atoms with van der Waals surface area (Å²) in [6, 6.07) is 3.20. The van der Waals surface area contributed by atoms with Gasteiger partial charge in [0.15, 0.2) is 0 Å². The minimum atomic E-state index is -4.68. The number of fused-ring (bicyclic) bond motifs is 1. The van der Waals surface area contributed by atoms with E-state index in [1.807, 2.05) is 0 Å². The Bertz CT molecular complexity index is 835. The lowest BCUT2D eigenvalue weighted by Gasteiger charge is -2.07. The van der Waals surface area contributed by atoms with E-state index in [2.05, 4.69) is 9.97 Å². The van der Waals surface area contributed by atoms with Gasteiger partial charge in [0.05, 0.1) is 15.1 Å². The molecule has 0 aliphatic heterocycles. The highest BCUT2D eigenvalue weighted by atomic mass is 32.1. The normalized spacial score (nSPS) is 12.0. The number of carbonyl (C=O) groups is 1. The summed E-state index contributed by atoms with van der Waals surface area (Å²) in [5.41, 5.74) is 0.676. The van der Waals surface area contributed by atoms with E-state index in [0.29, 0.717) is 9.58 Å². The Hall–Kier alpha value is -1.80. The lowest BCUT2D eigenvalue weighted by atomic mass is 10.1. The van der Waals surface area contributed by atoms with Crippen LogP contribution in [-0.2, 0) is 6.18 Å². The van der Waals surface area contributed by atoms with Crippen LogP contribution >= 0.6 is 22.7 Å². The summed E-state index contributed by atoms with van der Waals surface area (Å²) >= 11 is 2.35. The summed E-state index contributed by atoms with van der Waals surface area (Å²) in [4.78, 5) is 19.8. The van der Waals surface area contributed by atoms with E-state index in [-0.39, 0.29) is 11.2 Å². The maximum atomic E-state index is 12.9. The van der Waals surface area contributed by atoms with Crippen molar-refractivity contribution in [3.8, 4) is 0 Å². The van der Waals surface area contributed by atoms with Crippen molar-refractivity contribution >= 4 is 38.7 Å². The van der Waals surface area contributed by atoms with E-state index in [9.17, 15) is 18.0 Å². The van der Waals surface area contributed by atoms with Crippen molar-refractivity contribution in [2.45, 2.75) is 13.1 Å². The first-order valence-electron chi connectivity index (χ1n) is 5.79. The molecule has 0 bridgehead atoms. The highest BCUT2D eigenvalue weighted by molar-refractivity contribution is 7.17. The quantitative estimate of drug-likeness (QED) is 0.658. The summed E-state index contributed by atoms with van der Waals surface area (Å²) in [6.45, 7) is 1.74. The molecule has 3 heterocycles. The molecule has 108 valence electrons. The van der Waals surface area contributed by atoms with Crippen LogP contribution in [-0.4, -0.2) is 15.8 Å². The number of nitrogens with zero attached hydrogens (tertiary/aromatic N) is 2. The molecule has 3 rings (SSSR count). The maximum absolute atomic E-state index is 12.9. The first-order chi connectivity index (χ1) is 9.88. The predicted octanol–water partition coefficient (Wildman–Crippen LogP) is 4.31. The summed E-state index contributed by atoms with van der Waals surface area (Å²) in [5.74, 6) is -1.78. The molecule has 0 amide bonds. The Morgan fingerprint density at radius 3 is 2.48 bits per heavy atom. The summed E-state index contributed by atoms with van der Waals surface area (Å²) in [7, 11) is 0. The third kappa shape index (κ3) is 2.44. The largest absolute Gasteiger partial charge is 0.451 e. The second kappa shape index (κ2) is 4.88. The first-order valence-corrected chi connectivity index (χ1v) is 7.55. The molecular weight excluding hydrogens is 321 g/mol. The van der Waals surface area contributed by atoms with E-state index in [4.69, 9.17) is 0 Å². The summed E-state index contributed by atoms with van der Waals surface area (Å²) < 4.78 is 38.9. The van der Waals surface area contributed by atoms with Gasteiger partial charge in [-0.3, -0.25) is 4.79 Å². The number of carbonyl (C=O) groups excluding carboxylic acids is 1. The van der Waals surface area contributed by atoms with Gasteiger partial charge in [-0.1, -0.05) is 0 Å². The number of alkyl halides is 3. The highest BCUT2D eigenvalue weighted by Gasteiger charge is 2.36. The van der Waals surface area contributed by atoms with Gasteiger partial charge in [-0.15, -0.1) is 22.7 Å². The van der Waals surface area contributed by atoms with Crippen LogP contribution in [0, 0.1) is 6.92 Å². The molecule has 0 fully saturated rings. The van der Waals surface area contributed by atoms with E-state index >= 15 is 0 Å². The van der Waals surface area contributed by atoms with Crippen LogP contribution in [0.1, 0.15) is 26.8 Å². The first kappa shape index (κ1) is 14.2. The molecule has 3 aromatic rings. The second-order valence-corrected chi connectivity index (χ2v) is 6.12. The highest BCUT2D eigenvalue weighted by Crippen LogP contribution is 2.32. The molecular formula is C13H7F3N2OS2. The van der Waals surface area contributed by atoms with Crippen LogP contribution in [0.2, 0.25) is 0 Å². The van der Waals surface area contributed by atoms with Crippen LogP contribution < -0.4 is 0 Å². The van der Waals surface area contributed by atoms with Gasteiger partial charge in [0.1, 0.15) is 5.69 Å². The minimum Gasteiger partial charge on any atom is -0.286 e. The maximum Gasteiger partial charge on any atom is 0.451 e. The Morgan fingerprint density at radius 1 is 1.14 bits per heavy atom. The zero-order chi connectivity index (χ0) is 15.2. The van der Waals surface area contributed by atoms with E-state index in [0.717, 1.165) is 16.9 Å². The molecule has 0 aromatic carbocycles. The Morgan fingerprint density at radius 2 is 1.86 bits per heavy atom. The van der Waals surface area contributed by atoms with Crippen LogP contribution in [0.3, 0.4) is 0 Å². The molecule has 3 aromatic heterocycles. The lowest BCUT2D eigenvalue weighted by molar-refractivity contribution is -0.144. The van der Waals surface area contributed by atoms with E-state index in [1.54, 1.807) is 23.8 Å². The van der Waals surface area contributed by atoms with Crippen molar-refractivity contribution in [2.24, 2.45) is 0 Å². The molecule has 0 radical (unpaired) electrons. The third-order valence-electron chi connectivity index (χ3n) is 2.84. The van der Waals surface area contributed by atoms with Crippen molar-refractivity contribution in [1.82, 2.24) is 9.97 Å². The van der Waals surface area contributed by atoms with Gasteiger partial charge in [0.25, 0.3) is 0 Å². The Balaban J connectivity index is 2.24. The molecule has 0 aliphatic carbocycles. The SMILES string of the molecule is Cc1ccsc1C(=O)c1nc(C(F)(F)F)nc2ccsc12. The molecule has 8 heteroatoms. The molecule has 3 nitrogen and oxygen atoms in total. The number of ketones is 1. The van der Waals surface area contributed by atoms with Gasteiger partial charge in [-0.05, 0) is 35.4 Å². The average Bonchev–Trinajstić information content (AvgIpc) is 3.03. The van der Waals surface area contributed by atoms with Crippen molar-refractivity contribution in [3.63, 3.8) is 0 Å². The van der Waals surface area contributed by atoms with E-state index < -0.39 is 17.8 Å². The molecule has 0 unspecified atom stereocenters.